The maximum Gasteiger partial charge on any atom is 0.354 e. The van der Waals surface area contributed by atoms with Crippen molar-refractivity contribution in [3.05, 3.63) is 43.0 Å². The highest BCUT2D eigenvalue weighted by Gasteiger charge is 2.07. The van der Waals surface area contributed by atoms with Crippen molar-refractivity contribution in [1.29, 1.82) is 0 Å². The van der Waals surface area contributed by atoms with Gasteiger partial charge in [0.05, 0.1) is 0 Å². The fourth-order valence-corrected chi connectivity index (χ4v) is 1.10. The highest BCUT2D eigenvalue weighted by molar-refractivity contribution is 5.52. The Morgan fingerprint density at radius 1 is 1.33 bits per heavy atom. The van der Waals surface area contributed by atoms with E-state index in [9.17, 15) is 0 Å². The van der Waals surface area contributed by atoms with E-state index in [1.807, 2.05) is 30.3 Å². The fraction of sp³-hybridized carbons (Fsp3) is 0.0909. The molecule has 0 aliphatic carbocycles. The third-order valence-electron chi connectivity index (χ3n) is 1.76. The number of benzene rings is 1. The maximum atomic E-state index is 5.12. The number of hydrogen-bond acceptors (Lipinski definition) is 4. The van der Waals surface area contributed by atoms with Crippen molar-refractivity contribution < 1.29 is 9.26 Å². The lowest BCUT2D eigenvalue weighted by molar-refractivity contribution is 0.306. The summed E-state index contributed by atoms with van der Waals surface area (Å²) in [5.41, 5.74) is 0.874. The lowest BCUT2D eigenvalue weighted by Gasteiger charge is -1.92. The molecule has 4 nitrogen and oxygen atoms in total. The third kappa shape index (κ3) is 2.22. The van der Waals surface area contributed by atoms with Gasteiger partial charge in [-0.3, -0.25) is 0 Å². The molecule has 2 rings (SSSR count). The van der Waals surface area contributed by atoms with Crippen LogP contribution in [0.1, 0.15) is 0 Å². The molecule has 0 radical (unpaired) electrons. The van der Waals surface area contributed by atoms with Crippen LogP contribution in [0.4, 0.5) is 0 Å². The van der Waals surface area contributed by atoms with E-state index in [2.05, 4.69) is 16.7 Å². The van der Waals surface area contributed by atoms with Gasteiger partial charge in [-0.15, -0.1) is 0 Å². The van der Waals surface area contributed by atoms with Crippen LogP contribution in [0.3, 0.4) is 0 Å². The van der Waals surface area contributed by atoms with E-state index < -0.39 is 0 Å². The summed E-state index contributed by atoms with van der Waals surface area (Å²) in [6, 6.07) is 9.76. The molecule has 76 valence electrons. The normalized spacial score (nSPS) is 9.87. The van der Waals surface area contributed by atoms with Crippen molar-refractivity contribution >= 4 is 0 Å². The molecule has 1 heterocycles. The Morgan fingerprint density at radius 2 is 2.13 bits per heavy atom. The molecular weight excluding hydrogens is 192 g/mol. The molecule has 0 N–H and O–H groups in total. The van der Waals surface area contributed by atoms with E-state index in [0.29, 0.717) is 12.5 Å². The molecule has 15 heavy (non-hydrogen) atoms. The summed E-state index contributed by atoms with van der Waals surface area (Å²) in [6.45, 7) is 3.90. The molecule has 0 spiro atoms. The van der Waals surface area contributed by atoms with Crippen molar-refractivity contribution in [3.63, 3.8) is 0 Å². The third-order valence-corrected chi connectivity index (χ3v) is 1.76. The number of hydrogen-bond donors (Lipinski definition) is 0. The maximum absolute atomic E-state index is 5.12. The van der Waals surface area contributed by atoms with Crippen LogP contribution in [0, 0.1) is 0 Å². The molecule has 0 aliphatic heterocycles. The Morgan fingerprint density at radius 3 is 2.87 bits per heavy atom. The minimum Gasteiger partial charge on any atom is -0.457 e. The van der Waals surface area contributed by atoms with Crippen LogP contribution < -0.4 is 4.74 Å². The molecule has 0 fully saturated rings. The summed E-state index contributed by atoms with van der Waals surface area (Å²) in [4.78, 5) is 4.07. The predicted molar refractivity (Wildman–Crippen MR) is 55.4 cm³/mol. The zero-order chi connectivity index (χ0) is 10.5. The Bertz CT molecular complexity index is 437. The molecule has 1 aromatic heterocycles. The van der Waals surface area contributed by atoms with Crippen molar-refractivity contribution in [2.24, 2.45) is 0 Å². The fourth-order valence-electron chi connectivity index (χ4n) is 1.10. The van der Waals surface area contributed by atoms with E-state index in [-0.39, 0.29) is 6.01 Å². The Balaban J connectivity index is 2.17. The molecule has 1 aromatic carbocycles. The molecule has 0 aliphatic rings. The van der Waals surface area contributed by atoms with E-state index in [0.717, 1.165) is 5.56 Å². The van der Waals surface area contributed by atoms with Crippen LogP contribution in [-0.2, 0) is 0 Å². The van der Waals surface area contributed by atoms with Gasteiger partial charge in [0.25, 0.3) is 5.89 Å². The molecule has 0 unspecified atom stereocenters. The monoisotopic (exact) mass is 202 g/mol. The molecule has 0 amide bonds. The standard InChI is InChI=1S/C11H10N2O2/c1-2-8-14-11-12-10(15-13-11)9-6-4-3-5-7-9/h2-7H,1,8H2. The van der Waals surface area contributed by atoms with Gasteiger partial charge in [-0.2, -0.15) is 4.98 Å². The summed E-state index contributed by atoms with van der Waals surface area (Å²) >= 11 is 0. The molecular formula is C11H10N2O2. The summed E-state index contributed by atoms with van der Waals surface area (Å²) in [6.07, 6.45) is 1.62. The number of rotatable bonds is 4. The van der Waals surface area contributed by atoms with Gasteiger partial charge < -0.3 is 9.26 Å². The van der Waals surface area contributed by atoms with Crippen LogP contribution >= 0.6 is 0 Å². The van der Waals surface area contributed by atoms with E-state index in [4.69, 9.17) is 9.26 Å². The van der Waals surface area contributed by atoms with Gasteiger partial charge in [0.15, 0.2) is 0 Å². The van der Waals surface area contributed by atoms with Gasteiger partial charge in [-0.25, -0.2) is 0 Å². The second-order valence-electron chi connectivity index (χ2n) is 2.85. The van der Waals surface area contributed by atoms with Gasteiger partial charge in [-0.1, -0.05) is 30.9 Å². The van der Waals surface area contributed by atoms with Crippen molar-refractivity contribution in [2.75, 3.05) is 6.61 Å². The quantitative estimate of drug-likeness (QED) is 0.714. The molecule has 0 saturated carbocycles. The van der Waals surface area contributed by atoms with Gasteiger partial charge in [0, 0.05) is 5.56 Å². The highest BCUT2D eigenvalue weighted by atomic mass is 16.5. The van der Waals surface area contributed by atoms with Crippen molar-refractivity contribution in [2.45, 2.75) is 0 Å². The SMILES string of the molecule is C=CCOc1noc(-c2ccccc2)n1. The number of nitrogens with zero attached hydrogens (tertiary/aromatic N) is 2. The molecule has 0 atom stereocenters. The van der Waals surface area contributed by atoms with Crippen LogP contribution in [-0.4, -0.2) is 16.7 Å². The van der Waals surface area contributed by atoms with Crippen LogP contribution in [0.25, 0.3) is 11.5 Å². The molecule has 4 heteroatoms. The van der Waals surface area contributed by atoms with Gasteiger partial charge >= 0.3 is 6.01 Å². The summed E-state index contributed by atoms with van der Waals surface area (Å²) in [5, 5.41) is 3.67. The van der Waals surface area contributed by atoms with E-state index >= 15 is 0 Å². The Labute approximate surface area is 87.2 Å². The first-order valence-corrected chi connectivity index (χ1v) is 4.53. The first-order chi connectivity index (χ1) is 7.40. The molecule has 0 saturated heterocycles. The summed E-state index contributed by atoms with van der Waals surface area (Å²) in [7, 11) is 0. The van der Waals surface area contributed by atoms with Gasteiger partial charge in [-0.05, 0) is 17.3 Å². The zero-order valence-corrected chi connectivity index (χ0v) is 8.09. The van der Waals surface area contributed by atoms with Crippen molar-refractivity contribution in [1.82, 2.24) is 10.1 Å². The largest absolute Gasteiger partial charge is 0.457 e. The second-order valence-corrected chi connectivity index (χ2v) is 2.85. The Hall–Kier alpha value is -2.10. The average Bonchev–Trinajstić information content (AvgIpc) is 2.76. The zero-order valence-electron chi connectivity index (χ0n) is 8.09. The highest BCUT2D eigenvalue weighted by Crippen LogP contribution is 2.18. The lowest BCUT2D eigenvalue weighted by atomic mass is 10.2. The predicted octanol–water partition coefficient (Wildman–Crippen LogP) is 2.30. The first-order valence-electron chi connectivity index (χ1n) is 4.53. The van der Waals surface area contributed by atoms with Crippen LogP contribution in [0.5, 0.6) is 6.01 Å². The summed E-state index contributed by atoms with van der Waals surface area (Å²) < 4.78 is 10.2. The van der Waals surface area contributed by atoms with E-state index in [1.54, 1.807) is 6.08 Å². The smallest absolute Gasteiger partial charge is 0.354 e. The first kappa shape index (κ1) is 9.45. The van der Waals surface area contributed by atoms with Crippen LogP contribution in [0.15, 0.2) is 47.5 Å². The molecule has 2 aromatic rings. The molecule has 0 bridgehead atoms. The van der Waals surface area contributed by atoms with Gasteiger partial charge in [0.1, 0.15) is 6.61 Å². The van der Waals surface area contributed by atoms with Gasteiger partial charge in [0.2, 0.25) is 0 Å². The lowest BCUT2D eigenvalue weighted by Crippen LogP contribution is -1.93. The number of ether oxygens (including phenoxy) is 1. The summed E-state index contributed by atoms with van der Waals surface area (Å²) in [5.74, 6) is 0.453. The number of aromatic nitrogens is 2. The van der Waals surface area contributed by atoms with Crippen molar-refractivity contribution in [3.8, 4) is 17.5 Å². The Kier molecular flexibility index (Phi) is 2.78. The van der Waals surface area contributed by atoms with Crippen LogP contribution in [0.2, 0.25) is 0 Å². The topological polar surface area (TPSA) is 48.2 Å². The second kappa shape index (κ2) is 4.41. The average molecular weight is 202 g/mol. The van der Waals surface area contributed by atoms with E-state index in [1.165, 1.54) is 0 Å². The minimum absolute atomic E-state index is 0.230. The minimum atomic E-state index is 0.230.